The van der Waals surface area contributed by atoms with Crippen molar-refractivity contribution in [3.63, 3.8) is 0 Å². The second kappa shape index (κ2) is 9.43. The molecule has 2 N–H and O–H groups in total. The molecule has 158 valence electrons. The van der Waals surface area contributed by atoms with Crippen molar-refractivity contribution in [3.05, 3.63) is 65.2 Å². The predicted molar refractivity (Wildman–Crippen MR) is 113 cm³/mol. The van der Waals surface area contributed by atoms with Gasteiger partial charge in [0.1, 0.15) is 5.75 Å². The summed E-state index contributed by atoms with van der Waals surface area (Å²) in [6, 6.07) is 14.6. The van der Waals surface area contributed by atoms with Crippen LogP contribution in [0.3, 0.4) is 0 Å². The van der Waals surface area contributed by atoms with Crippen molar-refractivity contribution in [1.82, 2.24) is 15.8 Å². The Morgan fingerprint density at radius 1 is 1.07 bits per heavy atom. The molecule has 1 heterocycles. The number of hydrazine groups is 1. The van der Waals surface area contributed by atoms with Gasteiger partial charge < -0.3 is 9.64 Å². The molecular weight excluding hydrogens is 382 g/mol. The Labute approximate surface area is 176 Å². The van der Waals surface area contributed by atoms with Crippen LogP contribution in [0, 0.1) is 12.8 Å². The number of benzene rings is 2. The Kier molecular flexibility index (Phi) is 6.72. The Morgan fingerprint density at radius 2 is 1.73 bits per heavy atom. The highest BCUT2D eigenvalue weighted by atomic mass is 16.5. The molecule has 2 aromatic carbocycles. The zero-order valence-electron chi connectivity index (χ0n) is 17.5. The van der Waals surface area contributed by atoms with E-state index in [0.29, 0.717) is 24.4 Å². The second-order valence-electron chi connectivity index (χ2n) is 7.80. The summed E-state index contributed by atoms with van der Waals surface area (Å²) >= 11 is 0. The summed E-state index contributed by atoms with van der Waals surface area (Å²) in [5.74, 6) is -0.695. The number of hydrogen-bond acceptors (Lipinski definition) is 4. The Morgan fingerprint density at radius 3 is 2.37 bits per heavy atom. The summed E-state index contributed by atoms with van der Waals surface area (Å²) in [6.07, 6.45) is 0.179. The maximum absolute atomic E-state index is 12.4. The fourth-order valence-electron chi connectivity index (χ4n) is 3.26. The molecule has 1 fully saturated rings. The third kappa shape index (κ3) is 5.59. The second-order valence-corrected chi connectivity index (χ2v) is 7.80. The lowest BCUT2D eigenvalue weighted by Gasteiger charge is -2.17. The SMILES string of the molecule is Cc1ccc(CN2CC(C(=O)NNC(=O)c3ccc(OC(C)C)cc3)CC2=O)cc1. The highest BCUT2D eigenvalue weighted by Crippen LogP contribution is 2.20. The van der Waals surface area contributed by atoms with Gasteiger partial charge in [0.2, 0.25) is 11.8 Å². The van der Waals surface area contributed by atoms with E-state index in [1.807, 2.05) is 45.0 Å². The zero-order valence-corrected chi connectivity index (χ0v) is 17.5. The van der Waals surface area contributed by atoms with E-state index in [9.17, 15) is 14.4 Å². The molecule has 0 radical (unpaired) electrons. The lowest BCUT2D eigenvalue weighted by Crippen LogP contribution is -2.45. The van der Waals surface area contributed by atoms with Crippen LogP contribution in [0.2, 0.25) is 0 Å². The van der Waals surface area contributed by atoms with Gasteiger partial charge in [-0.2, -0.15) is 0 Å². The molecule has 1 saturated heterocycles. The van der Waals surface area contributed by atoms with Crippen molar-refractivity contribution in [2.75, 3.05) is 6.54 Å². The number of amides is 3. The van der Waals surface area contributed by atoms with Crippen LogP contribution in [0.25, 0.3) is 0 Å². The molecule has 3 rings (SSSR count). The Bertz CT molecular complexity index is 907. The number of rotatable bonds is 6. The minimum absolute atomic E-state index is 0.0451. The molecule has 1 aliphatic heterocycles. The van der Waals surface area contributed by atoms with Crippen molar-refractivity contribution in [1.29, 1.82) is 0 Å². The summed E-state index contributed by atoms with van der Waals surface area (Å²) in [6.45, 7) is 6.65. The zero-order chi connectivity index (χ0) is 21.7. The molecular formula is C23H27N3O4. The van der Waals surface area contributed by atoms with Crippen molar-refractivity contribution in [2.24, 2.45) is 5.92 Å². The quantitative estimate of drug-likeness (QED) is 0.718. The van der Waals surface area contributed by atoms with E-state index in [1.54, 1.807) is 29.2 Å². The normalized spacial score (nSPS) is 15.9. The highest BCUT2D eigenvalue weighted by molar-refractivity contribution is 5.96. The molecule has 1 aliphatic rings. The van der Waals surface area contributed by atoms with Crippen molar-refractivity contribution >= 4 is 17.7 Å². The minimum Gasteiger partial charge on any atom is -0.491 e. The van der Waals surface area contributed by atoms with E-state index in [2.05, 4.69) is 10.9 Å². The number of nitrogens with one attached hydrogen (secondary N) is 2. The van der Waals surface area contributed by atoms with Gasteiger partial charge in [-0.25, -0.2) is 0 Å². The highest BCUT2D eigenvalue weighted by Gasteiger charge is 2.34. The first kappa shape index (κ1) is 21.4. The first-order chi connectivity index (χ1) is 14.3. The van der Waals surface area contributed by atoms with Crippen LogP contribution in [-0.2, 0) is 16.1 Å². The van der Waals surface area contributed by atoms with E-state index >= 15 is 0 Å². The molecule has 1 atom stereocenters. The average Bonchev–Trinajstić information content (AvgIpc) is 3.08. The van der Waals surface area contributed by atoms with Crippen LogP contribution in [-0.4, -0.2) is 35.3 Å². The van der Waals surface area contributed by atoms with Crippen LogP contribution in [0.4, 0.5) is 0 Å². The molecule has 0 bridgehead atoms. The monoisotopic (exact) mass is 409 g/mol. The van der Waals surface area contributed by atoms with E-state index in [4.69, 9.17) is 4.74 Å². The van der Waals surface area contributed by atoms with Gasteiger partial charge in [0.05, 0.1) is 12.0 Å². The fourth-order valence-corrected chi connectivity index (χ4v) is 3.26. The number of likely N-dealkylation sites (tertiary alicyclic amines) is 1. The molecule has 7 heteroatoms. The summed E-state index contributed by atoms with van der Waals surface area (Å²) in [4.78, 5) is 38.6. The molecule has 3 amide bonds. The largest absolute Gasteiger partial charge is 0.491 e. The predicted octanol–water partition coefficient (Wildman–Crippen LogP) is 2.59. The van der Waals surface area contributed by atoms with Gasteiger partial charge in [0.15, 0.2) is 0 Å². The number of carbonyl (C=O) groups is 3. The van der Waals surface area contributed by atoms with E-state index < -0.39 is 11.8 Å². The number of ether oxygens (including phenoxy) is 1. The van der Waals surface area contributed by atoms with Crippen LogP contribution < -0.4 is 15.6 Å². The standard InChI is InChI=1S/C23H27N3O4/c1-15(2)30-20-10-8-18(9-11-20)22(28)24-25-23(29)19-12-21(27)26(14-19)13-17-6-4-16(3)5-7-17/h4-11,15,19H,12-14H2,1-3H3,(H,24,28)(H,25,29). The molecule has 0 aliphatic carbocycles. The van der Waals surface area contributed by atoms with Gasteiger partial charge in [-0.15, -0.1) is 0 Å². The molecule has 0 spiro atoms. The van der Waals surface area contributed by atoms with Gasteiger partial charge in [0, 0.05) is 25.1 Å². The van der Waals surface area contributed by atoms with Crippen molar-refractivity contribution in [3.8, 4) is 5.75 Å². The third-order valence-corrected chi connectivity index (χ3v) is 4.87. The molecule has 0 aromatic heterocycles. The summed E-state index contributed by atoms with van der Waals surface area (Å²) < 4.78 is 5.55. The van der Waals surface area contributed by atoms with Gasteiger partial charge in [-0.05, 0) is 50.6 Å². The van der Waals surface area contributed by atoms with E-state index in [-0.39, 0.29) is 24.3 Å². The number of aryl methyl sites for hydroxylation is 1. The number of hydrogen-bond donors (Lipinski definition) is 2. The first-order valence-electron chi connectivity index (χ1n) is 10.0. The van der Waals surface area contributed by atoms with Crippen LogP contribution in [0.5, 0.6) is 5.75 Å². The van der Waals surface area contributed by atoms with Gasteiger partial charge in [-0.1, -0.05) is 29.8 Å². The molecule has 0 saturated carbocycles. The van der Waals surface area contributed by atoms with Gasteiger partial charge in [0.25, 0.3) is 5.91 Å². The van der Waals surface area contributed by atoms with Gasteiger partial charge in [-0.3, -0.25) is 25.2 Å². The van der Waals surface area contributed by atoms with E-state index in [0.717, 1.165) is 11.1 Å². The smallest absolute Gasteiger partial charge is 0.269 e. The molecule has 1 unspecified atom stereocenters. The minimum atomic E-state index is -0.495. The maximum Gasteiger partial charge on any atom is 0.269 e. The summed E-state index contributed by atoms with van der Waals surface area (Å²) in [5.41, 5.74) is 7.42. The summed E-state index contributed by atoms with van der Waals surface area (Å²) in [7, 11) is 0. The Balaban J connectivity index is 1.49. The van der Waals surface area contributed by atoms with Gasteiger partial charge >= 0.3 is 0 Å². The van der Waals surface area contributed by atoms with Crippen molar-refractivity contribution < 1.29 is 19.1 Å². The summed E-state index contributed by atoms with van der Waals surface area (Å²) in [5, 5.41) is 0. The lowest BCUT2D eigenvalue weighted by molar-refractivity contribution is -0.129. The first-order valence-corrected chi connectivity index (χ1v) is 10.0. The number of nitrogens with zero attached hydrogens (tertiary/aromatic N) is 1. The van der Waals surface area contributed by atoms with E-state index in [1.165, 1.54) is 0 Å². The molecule has 7 nitrogen and oxygen atoms in total. The Hall–Kier alpha value is -3.35. The van der Waals surface area contributed by atoms with Crippen LogP contribution in [0.15, 0.2) is 48.5 Å². The fraction of sp³-hybridized carbons (Fsp3) is 0.348. The third-order valence-electron chi connectivity index (χ3n) is 4.87. The molecule has 30 heavy (non-hydrogen) atoms. The number of carbonyl (C=O) groups excluding carboxylic acids is 3. The molecule has 2 aromatic rings. The van der Waals surface area contributed by atoms with Crippen LogP contribution in [0.1, 0.15) is 41.8 Å². The van der Waals surface area contributed by atoms with Crippen molar-refractivity contribution in [2.45, 2.75) is 39.8 Å². The maximum atomic E-state index is 12.4. The average molecular weight is 409 g/mol. The topological polar surface area (TPSA) is 87.7 Å². The van der Waals surface area contributed by atoms with Crippen LogP contribution >= 0.6 is 0 Å². The lowest BCUT2D eigenvalue weighted by atomic mass is 10.1.